The zero-order chi connectivity index (χ0) is 11.7. The first-order valence-electron chi connectivity index (χ1n) is 5.42. The van der Waals surface area contributed by atoms with E-state index in [0.717, 1.165) is 28.1 Å². The average molecular weight is 224 g/mol. The van der Waals surface area contributed by atoms with E-state index in [1.54, 1.807) is 0 Å². The maximum atomic E-state index is 5.83. The molecule has 0 aliphatic heterocycles. The molecule has 3 aromatic rings. The Balaban J connectivity index is 1.99. The van der Waals surface area contributed by atoms with E-state index in [4.69, 9.17) is 10.5 Å². The molecule has 0 spiro atoms. The van der Waals surface area contributed by atoms with Crippen LogP contribution in [0.5, 0.6) is 11.5 Å². The number of ether oxygens (including phenoxy) is 1. The van der Waals surface area contributed by atoms with Crippen LogP contribution in [0.4, 0.5) is 5.69 Å². The van der Waals surface area contributed by atoms with Crippen molar-refractivity contribution < 1.29 is 4.74 Å². The molecule has 3 heteroatoms. The highest BCUT2D eigenvalue weighted by Crippen LogP contribution is 2.29. The highest BCUT2D eigenvalue weighted by Gasteiger charge is 2.03. The van der Waals surface area contributed by atoms with Gasteiger partial charge in [-0.3, -0.25) is 0 Å². The summed E-state index contributed by atoms with van der Waals surface area (Å²) in [5, 5.41) is 1.07. The molecule has 1 aromatic heterocycles. The van der Waals surface area contributed by atoms with Crippen LogP contribution in [0.25, 0.3) is 10.9 Å². The monoisotopic (exact) mass is 224 g/mol. The minimum atomic E-state index is 0.734. The van der Waals surface area contributed by atoms with Crippen molar-refractivity contribution >= 4 is 16.6 Å². The molecule has 0 amide bonds. The van der Waals surface area contributed by atoms with Crippen LogP contribution < -0.4 is 10.5 Å². The number of nitrogens with one attached hydrogen (secondary N) is 1. The van der Waals surface area contributed by atoms with Crippen molar-refractivity contribution in [3.05, 3.63) is 54.7 Å². The Hall–Kier alpha value is -2.42. The van der Waals surface area contributed by atoms with Gasteiger partial charge in [0.15, 0.2) is 0 Å². The van der Waals surface area contributed by atoms with E-state index >= 15 is 0 Å². The smallest absolute Gasteiger partial charge is 0.136 e. The molecule has 3 rings (SSSR count). The fourth-order valence-electron chi connectivity index (χ4n) is 1.81. The van der Waals surface area contributed by atoms with Gasteiger partial charge in [-0.1, -0.05) is 6.07 Å². The lowest BCUT2D eigenvalue weighted by atomic mass is 10.2. The maximum absolute atomic E-state index is 5.83. The lowest BCUT2D eigenvalue weighted by molar-refractivity contribution is 0.488. The number of nitrogen functional groups attached to an aromatic ring is 1. The van der Waals surface area contributed by atoms with E-state index < -0.39 is 0 Å². The Morgan fingerprint density at radius 3 is 2.59 bits per heavy atom. The van der Waals surface area contributed by atoms with Gasteiger partial charge in [0.25, 0.3) is 0 Å². The second-order valence-electron chi connectivity index (χ2n) is 3.87. The third-order valence-electron chi connectivity index (χ3n) is 2.66. The summed E-state index contributed by atoms with van der Waals surface area (Å²) in [5.74, 6) is 1.63. The quantitative estimate of drug-likeness (QED) is 0.654. The summed E-state index contributed by atoms with van der Waals surface area (Å²) in [6.45, 7) is 0. The number of fused-ring (bicyclic) bond motifs is 1. The van der Waals surface area contributed by atoms with Crippen molar-refractivity contribution in [1.82, 2.24) is 4.98 Å². The zero-order valence-electron chi connectivity index (χ0n) is 9.18. The van der Waals surface area contributed by atoms with Crippen LogP contribution in [0.15, 0.2) is 54.7 Å². The fourth-order valence-corrected chi connectivity index (χ4v) is 1.81. The molecule has 0 aliphatic rings. The number of hydrogen-bond donors (Lipinski definition) is 2. The third kappa shape index (κ3) is 1.83. The molecule has 0 fully saturated rings. The summed E-state index contributed by atoms with van der Waals surface area (Å²) < 4.78 is 5.83. The van der Waals surface area contributed by atoms with Gasteiger partial charge in [0.1, 0.15) is 11.5 Å². The second-order valence-corrected chi connectivity index (χ2v) is 3.87. The molecular formula is C14H12N2O. The first-order chi connectivity index (χ1) is 8.33. The molecule has 2 aromatic carbocycles. The first-order valence-corrected chi connectivity index (χ1v) is 5.42. The molecule has 0 aliphatic carbocycles. The third-order valence-corrected chi connectivity index (χ3v) is 2.66. The number of nitrogens with two attached hydrogens (primary N) is 1. The van der Waals surface area contributed by atoms with Crippen LogP contribution in [0.1, 0.15) is 0 Å². The van der Waals surface area contributed by atoms with E-state index in [1.165, 1.54) is 0 Å². The maximum Gasteiger partial charge on any atom is 0.136 e. The van der Waals surface area contributed by atoms with Gasteiger partial charge >= 0.3 is 0 Å². The lowest BCUT2D eigenvalue weighted by Gasteiger charge is -2.06. The summed E-state index contributed by atoms with van der Waals surface area (Å²) in [6, 6.07) is 15.3. The Morgan fingerprint density at radius 2 is 1.76 bits per heavy atom. The van der Waals surface area contributed by atoms with Crippen molar-refractivity contribution in [3.63, 3.8) is 0 Å². The van der Waals surface area contributed by atoms with E-state index in [9.17, 15) is 0 Å². The molecule has 3 N–H and O–H groups in total. The van der Waals surface area contributed by atoms with Gasteiger partial charge in [0, 0.05) is 22.8 Å². The van der Waals surface area contributed by atoms with Gasteiger partial charge in [-0.25, -0.2) is 0 Å². The molecule has 0 saturated heterocycles. The van der Waals surface area contributed by atoms with E-state index in [0.29, 0.717) is 0 Å². The van der Waals surface area contributed by atoms with Gasteiger partial charge in [-0.2, -0.15) is 0 Å². The number of aromatic nitrogens is 1. The topological polar surface area (TPSA) is 51.0 Å². The predicted molar refractivity (Wildman–Crippen MR) is 69.2 cm³/mol. The number of rotatable bonds is 2. The SMILES string of the molecule is Nc1ccc(Oc2cccc3[nH]ccc23)cc1. The summed E-state index contributed by atoms with van der Waals surface area (Å²) in [6.07, 6.45) is 1.90. The molecule has 84 valence electrons. The van der Waals surface area contributed by atoms with Crippen molar-refractivity contribution in [2.24, 2.45) is 0 Å². The van der Waals surface area contributed by atoms with E-state index in [-0.39, 0.29) is 0 Å². The molecule has 3 nitrogen and oxygen atoms in total. The summed E-state index contributed by atoms with van der Waals surface area (Å²) in [5.41, 5.74) is 7.43. The number of hydrogen-bond acceptors (Lipinski definition) is 2. The Labute approximate surface area is 98.8 Å². The Kier molecular flexibility index (Phi) is 2.22. The van der Waals surface area contributed by atoms with E-state index in [1.807, 2.05) is 54.7 Å². The van der Waals surface area contributed by atoms with Gasteiger partial charge in [-0.05, 0) is 42.5 Å². The molecule has 0 bridgehead atoms. The van der Waals surface area contributed by atoms with Gasteiger partial charge in [-0.15, -0.1) is 0 Å². The first kappa shape index (κ1) is 9.78. The van der Waals surface area contributed by atoms with Crippen LogP contribution in [-0.4, -0.2) is 4.98 Å². The van der Waals surface area contributed by atoms with Crippen LogP contribution >= 0.6 is 0 Å². The zero-order valence-corrected chi connectivity index (χ0v) is 9.18. The summed E-state index contributed by atoms with van der Waals surface area (Å²) in [7, 11) is 0. The Morgan fingerprint density at radius 1 is 0.941 bits per heavy atom. The molecule has 0 saturated carbocycles. The van der Waals surface area contributed by atoms with Crippen molar-refractivity contribution in [2.45, 2.75) is 0 Å². The Bertz CT molecular complexity index is 641. The van der Waals surface area contributed by atoms with E-state index in [2.05, 4.69) is 4.98 Å². The molecule has 1 heterocycles. The second kappa shape index (κ2) is 3.87. The van der Waals surface area contributed by atoms with Gasteiger partial charge in [0.2, 0.25) is 0 Å². The summed E-state index contributed by atoms with van der Waals surface area (Å²) in [4.78, 5) is 3.15. The molecule has 17 heavy (non-hydrogen) atoms. The largest absolute Gasteiger partial charge is 0.457 e. The standard InChI is InChI=1S/C14H12N2O/c15-10-4-6-11(7-5-10)17-14-3-1-2-13-12(14)8-9-16-13/h1-9,16H,15H2. The highest BCUT2D eigenvalue weighted by atomic mass is 16.5. The lowest BCUT2D eigenvalue weighted by Crippen LogP contribution is -1.87. The van der Waals surface area contributed by atoms with Crippen molar-refractivity contribution in [1.29, 1.82) is 0 Å². The van der Waals surface area contributed by atoms with Crippen molar-refractivity contribution in [3.8, 4) is 11.5 Å². The summed E-state index contributed by atoms with van der Waals surface area (Å²) >= 11 is 0. The molecular weight excluding hydrogens is 212 g/mol. The van der Waals surface area contributed by atoms with Gasteiger partial charge in [0.05, 0.1) is 0 Å². The van der Waals surface area contributed by atoms with Crippen molar-refractivity contribution in [2.75, 3.05) is 5.73 Å². The highest BCUT2D eigenvalue weighted by molar-refractivity contribution is 5.85. The minimum Gasteiger partial charge on any atom is -0.457 e. The van der Waals surface area contributed by atoms with Crippen LogP contribution in [-0.2, 0) is 0 Å². The average Bonchev–Trinajstić information content (AvgIpc) is 2.81. The molecule has 0 unspecified atom stereocenters. The molecule has 0 radical (unpaired) electrons. The number of H-pyrrole nitrogens is 1. The van der Waals surface area contributed by atoms with Gasteiger partial charge < -0.3 is 15.5 Å². The minimum absolute atomic E-state index is 0.734. The normalized spacial score (nSPS) is 10.6. The number of anilines is 1. The predicted octanol–water partition coefficient (Wildman–Crippen LogP) is 3.54. The number of benzene rings is 2. The van der Waals surface area contributed by atoms with Crippen LogP contribution in [0.3, 0.4) is 0 Å². The van der Waals surface area contributed by atoms with Crippen LogP contribution in [0.2, 0.25) is 0 Å². The van der Waals surface area contributed by atoms with Crippen LogP contribution in [0, 0.1) is 0 Å². The number of aromatic amines is 1. The fraction of sp³-hybridized carbons (Fsp3) is 0. The molecule has 0 atom stereocenters.